The minimum absolute atomic E-state index is 0.00474. The first-order valence-electron chi connectivity index (χ1n) is 11.7. The molecule has 32 heavy (non-hydrogen) atoms. The summed E-state index contributed by atoms with van der Waals surface area (Å²) in [5.74, 6) is -0.743. The molecular formula is C25H33BrO6. The van der Waals surface area contributed by atoms with Gasteiger partial charge < -0.3 is 14.9 Å². The van der Waals surface area contributed by atoms with E-state index in [1.165, 1.54) is 0 Å². The molecular weight excluding hydrogens is 476 g/mol. The molecule has 176 valence electrons. The third-order valence-electron chi connectivity index (χ3n) is 9.01. The van der Waals surface area contributed by atoms with Crippen molar-refractivity contribution in [2.45, 2.75) is 70.5 Å². The summed E-state index contributed by atoms with van der Waals surface area (Å²) in [4.78, 5) is 37.7. The van der Waals surface area contributed by atoms with E-state index < -0.39 is 40.9 Å². The predicted octanol–water partition coefficient (Wildman–Crippen LogP) is 3.28. The van der Waals surface area contributed by atoms with Crippen LogP contribution in [0.15, 0.2) is 23.8 Å². The van der Waals surface area contributed by atoms with E-state index in [4.69, 9.17) is 4.74 Å². The topological polar surface area (TPSA) is 101 Å². The molecule has 3 saturated carbocycles. The minimum Gasteiger partial charge on any atom is -0.450 e. The largest absolute Gasteiger partial charge is 0.450 e. The summed E-state index contributed by atoms with van der Waals surface area (Å²) in [6.07, 6.45) is 8.37. The zero-order chi connectivity index (χ0) is 23.3. The van der Waals surface area contributed by atoms with Gasteiger partial charge in [0, 0.05) is 28.5 Å². The van der Waals surface area contributed by atoms with Gasteiger partial charge in [-0.1, -0.05) is 41.4 Å². The quantitative estimate of drug-likeness (QED) is 0.421. The molecule has 0 heterocycles. The first-order chi connectivity index (χ1) is 15.1. The van der Waals surface area contributed by atoms with Gasteiger partial charge in [0.05, 0.1) is 6.10 Å². The normalized spacial score (nSPS) is 42.5. The van der Waals surface area contributed by atoms with Crippen LogP contribution in [0.3, 0.4) is 0 Å². The Morgan fingerprint density at radius 2 is 2.03 bits per heavy atom. The van der Waals surface area contributed by atoms with Gasteiger partial charge in [0.2, 0.25) is 5.78 Å². The lowest BCUT2D eigenvalue weighted by molar-refractivity contribution is -0.200. The minimum atomic E-state index is -1.41. The van der Waals surface area contributed by atoms with Crippen molar-refractivity contribution in [1.82, 2.24) is 0 Å². The average molecular weight is 509 g/mol. The third-order valence-corrected chi connectivity index (χ3v) is 9.57. The summed E-state index contributed by atoms with van der Waals surface area (Å²) in [6, 6.07) is 0. The summed E-state index contributed by atoms with van der Waals surface area (Å²) in [5.41, 5.74) is -1.47. The van der Waals surface area contributed by atoms with E-state index in [0.29, 0.717) is 31.0 Å². The first kappa shape index (κ1) is 23.8. The number of carbonyl (C=O) groups is 3. The van der Waals surface area contributed by atoms with Crippen molar-refractivity contribution >= 4 is 33.5 Å². The number of Topliss-reactive ketones (excluding diaryl/α,β-unsaturated/α-hetero) is 1. The Bertz CT molecular complexity index is 880. The van der Waals surface area contributed by atoms with E-state index in [-0.39, 0.29) is 30.0 Å². The highest BCUT2D eigenvalue weighted by Crippen LogP contribution is 2.67. The Labute approximate surface area is 197 Å². The lowest BCUT2D eigenvalue weighted by Crippen LogP contribution is -2.63. The number of fused-ring (bicyclic) bond motifs is 5. The van der Waals surface area contributed by atoms with Gasteiger partial charge in [-0.25, -0.2) is 0 Å². The van der Waals surface area contributed by atoms with E-state index >= 15 is 0 Å². The molecule has 0 aromatic carbocycles. The Kier molecular flexibility index (Phi) is 6.31. The molecule has 0 bridgehead atoms. The Balaban J connectivity index is 1.70. The van der Waals surface area contributed by atoms with Crippen molar-refractivity contribution in [2.24, 2.45) is 28.6 Å². The van der Waals surface area contributed by atoms with Gasteiger partial charge in [0.25, 0.3) is 0 Å². The number of carbonyl (C=O) groups excluding carboxylic acids is 3. The van der Waals surface area contributed by atoms with E-state index in [0.717, 1.165) is 18.4 Å². The van der Waals surface area contributed by atoms with Gasteiger partial charge in [0.15, 0.2) is 11.4 Å². The zero-order valence-electron chi connectivity index (χ0n) is 18.8. The lowest BCUT2D eigenvalue weighted by Gasteiger charge is -2.59. The number of alkyl halides is 1. The number of rotatable bonds is 6. The number of allylic oxidation sites excluding steroid dienone is 4. The second kappa shape index (κ2) is 8.48. The molecule has 4 rings (SSSR count). The van der Waals surface area contributed by atoms with Gasteiger partial charge in [-0.05, 0) is 62.5 Å². The molecule has 2 N–H and O–H groups in total. The van der Waals surface area contributed by atoms with Gasteiger partial charge in [0.1, 0.15) is 6.61 Å². The maximum atomic E-state index is 13.1. The van der Waals surface area contributed by atoms with Gasteiger partial charge >= 0.3 is 5.97 Å². The fourth-order valence-corrected chi connectivity index (χ4v) is 7.86. The summed E-state index contributed by atoms with van der Waals surface area (Å²) in [7, 11) is 0. The summed E-state index contributed by atoms with van der Waals surface area (Å²) in [5, 5.41) is 22.0. The molecule has 0 aromatic heterocycles. The van der Waals surface area contributed by atoms with Crippen molar-refractivity contribution in [1.29, 1.82) is 0 Å². The van der Waals surface area contributed by atoms with Crippen molar-refractivity contribution in [3.05, 3.63) is 23.8 Å². The van der Waals surface area contributed by atoms with Crippen LogP contribution in [0.5, 0.6) is 0 Å². The van der Waals surface area contributed by atoms with Crippen LogP contribution in [0, 0.1) is 28.6 Å². The molecule has 4 aliphatic rings. The van der Waals surface area contributed by atoms with E-state index in [1.807, 2.05) is 13.0 Å². The van der Waals surface area contributed by atoms with Crippen LogP contribution in [0.4, 0.5) is 0 Å². The van der Waals surface area contributed by atoms with Gasteiger partial charge in [-0.15, -0.1) is 0 Å². The second-order valence-electron chi connectivity index (χ2n) is 10.4. The summed E-state index contributed by atoms with van der Waals surface area (Å²) in [6.45, 7) is 3.38. The van der Waals surface area contributed by atoms with Crippen molar-refractivity contribution in [3.63, 3.8) is 0 Å². The fraction of sp³-hybridized carbons (Fsp3) is 0.720. The highest BCUT2D eigenvalue weighted by Gasteiger charge is 2.70. The molecule has 0 spiro atoms. The smallest absolute Gasteiger partial charge is 0.306 e. The third kappa shape index (κ3) is 3.38. The van der Waals surface area contributed by atoms with Gasteiger partial charge in [-0.3, -0.25) is 14.4 Å². The number of hydrogen-bond acceptors (Lipinski definition) is 6. The van der Waals surface area contributed by atoms with Gasteiger partial charge in [-0.2, -0.15) is 0 Å². The maximum absolute atomic E-state index is 13.1. The first-order valence-corrected chi connectivity index (χ1v) is 12.8. The molecule has 3 fully saturated rings. The molecule has 0 aromatic rings. The van der Waals surface area contributed by atoms with E-state index in [1.54, 1.807) is 12.2 Å². The Hall–Kier alpha value is -1.31. The SMILES string of the molecule is CC12C=CC(=O)C=C1CCC1C2C(O)CC2(C)C1CCC2(OC(=O)CCCBr)C(=O)CO. The van der Waals surface area contributed by atoms with Crippen LogP contribution in [-0.4, -0.2) is 51.4 Å². The number of esters is 1. The Morgan fingerprint density at radius 1 is 1.28 bits per heavy atom. The number of aliphatic hydroxyl groups is 2. The van der Waals surface area contributed by atoms with Crippen molar-refractivity contribution in [3.8, 4) is 0 Å². The lowest BCUT2D eigenvalue weighted by atomic mass is 9.46. The van der Waals surface area contributed by atoms with E-state index in [2.05, 4.69) is 22.9 Å². The van der Waals surface area contributed by atoms with Crippen LogP contribution >= 0.6 is 15.9 Å². The molecule has 6 nitrogen and oxygen atoms in total. The van der Waals surface area contributed by atoms with Crippen LogP contribution in [0.1, 0.15) is 58.8 Å². The van der Waals surface area contributed by atoms with E-state index in [9.17, 15) is 24.6 Å². The molecule has 7 unspecified atom stereocenters. The second-order valence-corrected chi connectivity index (χ2v) is 11.2. The van der Waals surface area contributed by atoms with Crippen LogP contribution in [-0.2, 0) is 19.1 Å². The van der Waals surface area contributed by atoms with Crippen molar-refractivity contribution in [2.75, 3.05) is 11.9 Å². The highest BCUT2D eigenvalue weighted by atomic mass is 79.9. The summed E-state index contributed by atoms with van der Waals surface area (Å²) >= 11 is 3.32. The molecule has 7 atom stereocenters. The number of ketones is 2. The fourth-order valence-electron chi connectivity index (χ4n) is 7.58. The monoisotopic (exact) mass is 508 g/mol. The predicted molar refractivity (Wildman–Crippen MR) is 122 cm³/mol. The average Bonchev–Trinajstić information content (AvgIpc) is 3.04. The van der Waals surface area contributed by atoms with Crippen molar-refractivity contribution < 1.29 is 29.3 Å². The summed E-state index contributed by atoms with van der Waals surface area (Å²) < 4.78 is 5.95. The number of aliphatic hydroxyl groups excluding tert-OH is 2. The maximum Gasteiger partial charge on any atom is 0.306 e. The molecule has 7 heteroatoms. The molecule has 0 saturated heterocycles. The molecule has 0 amide bonds. The van der Waals surface area contributed by atoms with Crippen LogP contribution in [0.25, 0.3) is 0 Å². The molecule has 0 aliphatic heterocycles. The van der Waals surface area contributed by atoms with Crippen LogP contribution < -0.4 is 0 Å². The molecule has 4 aliphatic carbocycles. The Morgan fingerprint density at radius 3 is 2.72 bits per heavy atom. The highest BCUT2D eigenvalue weighted by molar-refractivity contribution is 9.09. The zero-order valence-corrected chi connectivity index (χ0v) is 20.4. The molecule has 0 radical (unpaired) electrons. The number of hydrogen-bond donors (Lipinski definition) is 2. The standard InChI is InChI=1S/C25H33BrO6/c1-23-9-7-16(28)12-15(23)5-6-17-18-8-10-25(20(30)14-27,32-21(31)4-3-11-26)24(18,2)13-19(29)22(17)23/h7,9,12,17-19,22,27,29H,3-6,8,10-11,13-14H2,1-2H3. The van der Waals surface area contributed by atoms with Crippen LogP contribution in [0.2, 0.25) is 0 Å². The number of ether oxygens (including phenoxy) is 1. The number of halogens is 1.